The zero-order valence-corrected chi connectivity index (χ0v) is 12.6. The van der Waals surface area contributed by atoms with E-state index in [0.29, 0.717) is 0 Å². The normalized spacial score (nSPS) is 13.1. The first-order valence-corrected chi connectivity index (χ1v) is 6.81. The number of hydrogen-bond donors (Lipinski definition) is 1. The van der Waals surface area contributed by atoms with Crippen LogP contribution in [0.5, 0.6) is 0 Å². The summed E-state index contributed by atoms with van der Waals surface area (Å²) in [7, 11) is 1.42. The van der Waals surface area contributed by atoms with Crippen molar-refractivity contribution in [1.82, 2.24) is 5.32 Å². The number of carbonyl (C=O) groups excluding carboxylic acids is 1. The first-order valence-electron chi connectivity index (χ1n) is 6.81. The van der Waals surface area contributed by atoms with Gasteiger partial charge in [-0.15, -0.1) is 0 Å². The summed E-state index contributed by atoms with van der Waals surface area (Å²) in [4.78, 5) is 11.8. The lowest BCUT2D eigenvalue weighted by atomic mass is 9.86. The highest BCUT2D eigenvalue weighted by molar-refractivity contribution is 5.77. The average molecular weight is 263 g/mol. The lowest BCUT2D eigenvalue weighted by Gasteiger charge is -2.21. The number of benzene rings is 1. The molecule has 0 aliphatic rings. The number of nitrogens with one attached hydrogen (secondary N) is 1. The standard InChI is InChI=1S/C16H25NO2/c1-6-11-17-14(15(18)19-5)12-7-9-13(10-8-12)16(2,3)4/h7-10,14,17H,6,11H2,1-5H3. The molecule has 0 fully saturated rings. The highest BCUT2D eigenvalue weighted by atomic mass is 16.5. The highest BCUT2D eigenvalue weighted by Gasteiger charge is 2.21. The summed E-state index contributed by atoms with van der Waals surface area (Å²) in [5.41, 5.74) is 2.33. The van der Waals surface area contributed by atoms with E-state index in [-0.39, 0.29) is 17.4 Å². The molecule has 0 radical (unpaired) electrons. The highest BCUT2D eigenvalue weighted by Crippen LogP contribution is 2.24. The molecule has 0 bridgehead atoms. The molecule has 3 nitrogen and oxygen atoms in total. The van der Waals surface area contributed by atoms with Gasteiger partial charge in [0.1, 0.15) is 6.04 Å². The minimum absolute atomic E-state index is 0.121. The largest absolute Gasteiger partial charge is 0.468 e. The van der Waals surface area contributed by atoms with E-state index in [0.717, 1.165) is 18.5 Å². The Morgan fingerprint density at radius 3 is 2.26 bits per heavy atom. The van der Waals surface area contributed by atoms with Crippen LogP contribution in [0.3, 0.4) is 0 Å². The number of rotatable bonds is 5. The summed E-state index contributed by atoms with van der Waals surface area (Å²) >= 11 is 0. The third kappa shape index (κ3) is 4.35. The lowest BCUT2D eigenvalue weighted by Crippen LogP contribution is -2.30. The van der Waals surface area contributed by atoms with Crippen LogP contribution in [0.15, 0.2) is 24.3 Å². The van der Waals surface area contributed by atoms with Crippen molar-refractivity contribution >= 4 is 5.97 Å². The molecule has 1 aromatic rings. The van der Waals surface area contributed by atoms with Crippen molar-refractivity contribution in [3.63, 3.8) is 0 Å². The SMILES string of the molecule is CCCNC(C(=O)OC)c1ccc(C(C)(C)C)cc1. The van der Waals surface area contributed by atoms with Crippen LogP contribution in [0.4, 0.5) is 0 Å². The molecular formula is C16H25NO2. The van der Waals surface area contributed by atoms with Crippen molar-refractivity contribution in [2.75, 3.05) is 13.7 Å². The maximum Gasteiger partial charge on any atom is 0.327 e. The Bertz CT molecular complexity index is 404. The van der Waals surface area contributed by atoms with E-state index in [9.17, 15) is 4.79 Å². The van der Waals surface area contributed by atoms with Crippen molar-refractivity contribution in [1.29, 1.82) is 0 Å². The van der Waals surface area contributed by atoms with Gasteiger partial charge in [-0.25, -0.2) is 4.79 Å². The Hall–Kier alpha value is -1.35. The predicted molar refractivity (Wildman–Crippen MR) is 78.2 cm³/mol. The number of esters is 1. The Morgan fingerprint density at radius 1 is 1.26 bits per heavy atom. The van der Waals surface area contributed by atoms with Crippen molar-refractivity contribution < 1.29 is 9.53 Å². The summed E-state index contributed by atoms with van der Waals surface area (Å²) in [6.45, 7) is 9.39. The number of methoxy groups -OCH3 is 1. The van der Waals surface area contributed by atoms with Gasteiger partial charge in [-0.2, -0.15) is 0 Å². The van der Waals surface area contributed by atoms with Crippen LogP contribution in [-0.4, -0.2) is 19.6 Å². The summed E-state index contributed by atoms with van der Waals surface area (Å²) in [6.07, 6.45) is 0.980. The van der Waals surface area contributed by atoms with Crippen LogP contribution in [-0.2, 0) is 14.9 Å². The van der Waals surface area contributed by atoms with E-state index in [1.54, 1.807) is 0 Å². The van der Waals surface area contributed by atoms with E-state index in [1.165, 1.54) is 12.7 Å². The number of hydrogen-bond acceptors (Lipinski definition) is 3. The predicted octanol–water partition coefficient (Wildman–Crippen LogP) is 3.20. The second-order valence-corrected chi connectivity index (χ2v) is 5.78. The van der Waals surface area contributed by atoms with Gasteiger partial charge in [0.25, 0.3) is 0 Å². The number of carbonyl (C=O) groups is 1. The Kier molecular flexibility index (Phi) is 5.55. The zero-order valence-electron chi connectivity index (χ0n) is 12.6. The Labute approximate surface area is 116 Å². The van der Waals surface area contributed by atoms with Crippen LogP contribution in [0.2, 0.25) is 0 Å². The van der Waals surface area contributed by atoms with E-state index >= 15 is 0 Å². The van der Waals surface area contributed by atoms with Crippen LogP contribution < -0.4 is 5.32 Å². The molecule has 3 heteroatoms. The van der Waals surface area contributed by atoms with Gasteiger partial charge in [-0.3, -0.25) is 0 Å². The molecule has 0 saturated heterocycles. The molecule has 0 aromatic heterocycles. The van der Waals surface area contributed by atoms with Crippen molar-refractivity contribution in [2.24, 2.45) is 0 Å². The molecular weight excluding hydrogens is 238 g/mol. The summed E-state index contributed by atoms with van der Waals surface area (Å²) in [5, 5.41) is 3.22. The van der Waals surface area contributed by atoms with Gasteiger partial charge < -0.3 is 10.1 Å². The fourth-order valence-electron chi connectivity index (χ4n) is 1.92. The molecule has 0 amide bonds. The zero-order chi connectivity index (χ0) is 14.5. The van der Waals surface area contributed by atoms with Gasteiger partial charge in [-0.1, -0.05) is 52.0 Å². The first-order chi connectivity index (χ1) is 8.90. The van der Waals surface area contributed by atoms with Crippen molar-refractivity contribution in [3.8, 4) is 0 Å². The monoisotopic (exact) mass is 263 g/mol. The smallest absolute Gasteiger partial charge is 0.327 e. The van der Waals surface area contributed by atoms with E-state index in [2.05, 4.69) is 45.1 Å². The maximum absolute atomic E-state index is 11.8. The molecule has 1 aromatic carbocycles. The van der Waals surface area contributed by atoms with Gasteiger partial charge in [-0.05, 0) is 29.5 Å². The molecule has 106 valence electrons. The van der Waals surface area contributed by atoms with Crippen molar-refractivity contribution in [3.05, 3.63) is 35.4 Å². The van der Waals surface area contributed by atoms with Crippen LogP contribution >= 0.6 is 0 Å². The van der Waals surface area contributed by atoms with Gasteiger partial charge in [0.05, 0.1) is 7.11 Å². The summed E-state index contributed by atoms with van der Waals surface area (Å²) < 4.78 is 4.86. The molecule has 19 heavy (non-hydrogen) atoms. The fourth-order valence-corrected chi connectivity index (χ4v) is 1.92. The number of ether oxygens (including phenoxy) is 1. The molecule has 0 heterocycles. The summed E-state index contributed by atoms with van der Waals surface area (Å²) in [5.74, 6) is -0.239. The molecule has 1 unspecified atom stereocenters. The third-order valence-corrected chi connectivity index (χ3v) is 3.15. The molecule has 1 rings (SSSR count). The van der Waals surface area contributed by atoms with Gasteiger partial charge in [0.15, 0.2) is 0 Å². The third-order valence-electron chi connectivity index (χ3n) is 3.15. The Morgan fingerprint density at radius 2 is 1.84 bits per heavy atom. The van der Waals surface area contributed by atoms with Gasteiger partial charge in [0.2, 0.25) is 0 Å². The quantitative estimate of drug-likeness (QED) is 0.829. The topological polar surface area (TPSA) is 38.3 Å². The average Bonchev–Trinajstić information content (AvgIpc) is 2.38. The van der Waals surface area contributed by atoms with E-state index < -0.39 is 0 Å². The molecule has 0 aliphatic heterocycles. The Balaban J connectivity index is 2.93. The molecule has 0 saturated carbocycles. The second-order valence-electron chi connectivity index (χ2n) is 5.78. The van der Waals surface area contributed by atoms with E-state index in [4.69, 9.17) is 4.74 Å². The molecule has 1 atom stereocenters. The molecule has 0 spiro atoms. The maximum atomic E-state index is 11.8. The van der Waals surface area contributed by atoms with Gasteiger partial charge >= 0.3 is 5.97 Å². The van der Waals surface area contributed by atoms with Gasteiger partial charge in [0, 0.05) is 0 Å². The lowest BCUT2D eigenvalue weighted by molar-refractivity contribution is -0.143. The first kappa shape index (κ1) is 15.7. The van der Waals surface area contributed by atoms with Crippen LogP contribution in [0.1, 0.15) is 51.3 Å². The fraction of sp³-hybridized carbons (Fsp3) is 0.562. The second kappa shape index (κ2) is 6.71. The van der Waals surface area contributed by atoms with E-state index in [1.807, 2.05) is 12.1 Å². The van der Waals surface area contributed by atoms with Crippen LogP contribution in [0, 0.1) is 0 Å². The summed E-state index contributed by atoms with van der Waals surface area (Å²) in [6, 6.07) is 7.80. The minimum atomic E-state index is -0.376. The minimum Gasteiger partial charge on any atom is -0.468 e. The van der Waals surface area contributed by atoms with Crippen LogP contribution in [0.25, 0.3) is 0 Å². The molecule has 0 aliphatic carbocycles. The van der Waals surface area contributed by atoms with Crippen molar-refractivity contribution in [2.45, 2.75) is 45.6 Å². The molecule has 1 N–H and O–H groups in total.